The second-order valence-electron chi connectivity index (χ2n) is 1.31. The van der Waals surface area contributed by atoms with E-state index in [9.17, 15) is 4.79 Å². The molecular formula is C5H12O4S. The first-order valence-corrected chi connectivity index (χ1v) is 3.36. The molecule has 0 radical (unpaired) electrons. The monoisotopic (exact) mass is 168 g/mol. The van der Waals surface area contributed by atoms with E-state index in [-0.39, 0.29) is 19.6 Å². The molecule has 0 aliphatic rings. The van der Waals surface area contributed by atoms with E-state index in [0.717, 1.165) is 0 Å². The summed E-state index contributed by atoms with van der Waals surface area (Å²) < 4.78 is 0. The molecular weight excluding hydrogens is 156 g/mol. The lowest BCUT2D eigenvalue weighted by Crippen LogP contribution is -1.93. The van der Waals surface area contributed by atoms with Crippen molar-refractivity contribution < 1.29 is 20.1 Å². The summed E-state index contributed by atoms with van der Waals surface area (Å²) in [4.78, 5) is 9.55. The van der Waals surface area contributed by atoms with E-state index in [1.807, 2.05) is 0 Å². The molecule has 0 aromatic carbocycles. The second-order valence-corrected chi connectivity index (χ2v) is 1.76. The summed E-state index contributed by atoms with van der Waals surface area (Å²) in [7, 11) is 0. The normalized spacial score (nSPS) is 7.90. The summed E-state index contributed by atoms with van der Waals surface area (Å²) in [6.45, 7) is -0.250. The van der Waals surface area contributed by atoms with Gasteiger partial charge in [-0.1, -0.05) is 0 Å². The maximum Gasteiger partial charge on any atom is 0.304 e. The SMILES string of the molecule is O=C(O)CCS.OCCO. The predicted molar refractivity (Wildman–Crippen MR) is 40.3 cm³/mol. The minimum Gasteiger partial charge on any atom is -0.481 e. The predicted octanol–water partition coefficient (Wildman–Crippen LogP) is -0.638. The molecule has 0 aromatic rings. The quantitative estimate of drug-likeness (QED) is 0.423. The number of hydrogen-bond donors (Lipinski definition) is 4. The van der Waals surface area contributed by atoms with E-state index in [1.54, 1.807) is 0 Å². The fourth-order valence-corrected chi connectivity index (χ4v) is 0.287. The van der Waals surface area contributed by atoms with Crippen LogP contribution >= 0.6 is 12.6 Å². The highest BCUT2D eigenvalue weighted by Gasteiger charge is 1.88. The molecule has 0 saturated carbocycles. The van der Waals surface area contributed by atoms with E-state index in [0.29, 0.717) is 5.75 Å². The van der Waals surface area contributed by atoms with Gasteiger partial charge in [-0.05, 0) is 0 Å². The Morgan fingerprint density at radius 2 is 1.70 bits per heavy atom. The summed E-state index contributed by atoms with van der Waals surface area (Å²) in [5.41, 5.74) is 0. The molecule has 0 aliphatic heterocycles. The lowest BCUT2D eigenvalue weighted by Gasteiger charge is -1.79. The number of aliphatic hydroxyl groups excluding tert-OH is 2. The minimum atomic E-state index is -0.787. The number of thiol groups is 1. The van der Waals surface area contributed by atoms with Gasteiger partial charge in [0.2, 0.25) is 0 Å². The van der Waals surface area contributed by atoms with Gasteiger partial charge in [0.05, 0.1) is 19.6 Å². The van der Waals surface area contributed by atoms with Gasteiger partial charge >= 0.3 is 5.97 Å². The molecule has 10 heavy (non-hydrogen) atoms. The number of carboxylic acids is 1. The highest BCUT2D eigenvalue weighted by molar-refractivity contribution is 7.80. The van der Waals surface area contributed by atoms with Crippen LogP contribution in [0.2, 0.25) is 0 Å². The van der Waals surface area contributed by atoms with Gasteiger partial charge in [-0.2, -0.15) is 12.6 Å². The number of carboxylic acid groups (broad SMARTS) is 1. The van der Waals surface area contributed by atoms with Crippen molar-refractivity contribution in [3.8, 4) is 0 Å². The molecule has 0 spiro atoms. The van der Waals surface area contributed by atoms with Gasteiger partial charge in [0.15, 0.2) is 0 Å². The van der Waals surface area contributed by atoms with Crippen molar-refractivity contribution >= 4 is 18.6 Å². The third-order valence-corrected chi connectivity index (χ3v) is 0.649. The van der Waals surface area contributed by atoms with Gasteiger partial charge in [0.25, 0.3) is 0 Å². The van der Waals surface area contributed by atoms with Gasteiger partial charge in [0.1, 0.15) is 0 Å². The fraction of sp³-hybridized carbons (Fsp3) is 0.800. The van der Waals surface area contributed by atoms with Crippen LogP contribution < -0.4 is 0 Å². The average molecular weight is 168 g/mol. The number of aliphatic hydroxyl groups is 2. The summed E-state index contributed by atoms with van der Waals surface area (Å²) in [6, 6.07) is 0. The largest absolute Gasteiger partial charge is 0.481 e. The standard InChI is InChI=1S/C3H6O2S.C2H6O2/c4-3(5)1-2-6;3-1-2-4/h6H,1-2H2,(H,4,5);3-4H,1-2H2. The Labute approximate surface area is 64.9 Å². The van der Waals surface area contributed by atoms with Gasteiger partial charge < -0.3 is 15.3 Å². The Bertz CT molecular complexity index is 74.0. The van der Waals surface area contributed by atoms with Crippen LogP contribution in [0.3, 0.4) is 0 Å². The van der Waals surface area contributed by atoms with Gasteiger partial charge in [-0.3, -0.25) is 4.79 Å². The van der Waals surface area contributed by atoms with Crippen LogP contribution in [0, 0.1) is 0 Å². The van der Waals surface area contributed by atoms with Crippen molar-refractivity contribution in [2.45, 2.75) is 6.42 Å². The summed E-state index contributed by atoms with van der Waals surface area (Å²) >= 11 is 3.68. The Morgan fingerprint density at radius 1 is 1.30 bits per heavy atom. The highest BCUT2D eigenvalue weighted by atomic mass is 32.1. The molecule has 4 nitrogen and oxygen atoms in total. The zero-order chi connectivity index (χ0) is 8.41. The van der Waals surface area contributed by atoms with E-state index in [2.05, 4.69) is 12.6 Å². The third-order valence-electron chi connectivity index (χ3n) is 0.426. The molecule has 62 valence electrons. The smallest absolute Gasteiger partial charge is 0.304 e. The summed E-state index contributed by atoms with van der Waals surface area (Å²) in [6.07, 6.45) is 0.156. The van der Waals surface area contributed by atoms with Gasteiger partial charge in [-0.15, -0.1) is 0 Å². The van der Waals surface area contributed by atoms with Crippen LogP contribution in [0.25, 0.3) is 0 Å². The zero-order valence-electron chi connectivity index (χ0n) is 5.53. The van der Waals surface area contributed by atoms with Crippen LogP contribution in [-0.2, 0) is 4.79 Å². The summed E-state index contributed by atoms with van der Waals surface area (Å²) in [5.74, 6) is -0.361. The Kier molecular flexibility index (Phi) is 14.3. The Balaban J connectivity index is 0. The van der Waals surface area contributed by atoms with Crippen molar-refractivity contribution in [2.24, 2.45) is 0 Å². The van der Waals surface area contributed by atoms with Crippen molar-refractivity contribution in [2.75, 3.05) is 19.0 Å². The number of aliphatic carboxylic acids is 1. The van der Waals surface area contributed by atoms with Crippen LogP contribution in [0.1, 0.15) is 6.42 Å². The number of carbonyl (C=O) groups is 1. The summed E-state index contributed by atoms with van der Waals surface area (Å²) in [5, 5.41) is 23.1. The van der Waals surface area contributed by atoms with Crippen molar-refractivity contribution in [3.63, 3.8) is 0 Å². The van der Waals surface area contributed by atoms with Crippen LogP contribution in [0.15, 0.2) is 0 Å². The van der Waals surface area contributed by atoms with E-state index in [4.69, 9.17) is 15.3 Å². The topological polar surface area (TPSA) is 77.8 Å². The zero-order valence-corrected chi connectivity index (χ0v) is 6.42. The lowest BCUT2D eigenvalue weighted by atomic mass is 10.5. The third kappa shape index (κ3) is 25.1. The Hall–Kier alpha value is -0.260. The van der Waals surface area contributed by atoms with Crippen molar-refractivity contribution in [1.82, 2.24) is 0 Å². The molecule has 3 N–H and O–H groups in total. The Morgan fingerprint density at radius 3 is 1.70 bits per heavy atom. The molecule has 0 amide bonds. The van der Waals surface area contributed by atoms with E-state index in [1.165, 1.54) is 0 Å². The van der Waals surface area contributed by atoms with Crippen LogP contribution in [-0.4, -0.2) is 40.3 Å². The number of rotatable bonds is 3. The maximum atomic E-state index is 9.55. The first-order valence-electron chi connectivity index (χ1n) is 2.73. The molecule has 0 rings (SSSR count). The lowest BCUT2D eigenvalue weighted by molar-refractivity contribution is -0.136. The highest BCUT2D eigenvalue weighted by Crippen LogP contribution is 1.79. The molecule has 0 aromatic heterocycles. The molecule has 0 saturated heterocycles. The number of hydrogen-bond acceptors (Lipinski definition) is 4. The van der Waals surface area contributed by atoms with E-state index >= 15 is 0 Å². The fourth-order valence-electron chi connectivity index (χ4n) is 0.0956. The maximum absolute atomic E-state index is 9.55. The molecule has 0 bridgehead atoms. The second kappa shape index (κ2) is 11.5. The molecule has 0 heterocycles. The van der Waals surface area contributed by atoms with Gasteiger partial charge in [0, 0.05) is 5.75 Å². The van der Waals surface area contributed by atoms with Crippen molar-refractivity contribution in [1.29, 1.82) is 0 Å². The molecule has 0 aliphatic carbocycles. The van der Waals surface area contributed by atoms with Gasteiger partial charge in [-0.25, -0.2) is 0 Å². The first-order chi connectivity index (χ1) is 4.68. The molecule has 0 fully saturated rings. The van der Waals surface area contributed by atoms with Crippen molar-refractivity contribution in [3.05, 3.63) is 0 Å². The first kappa shape index (κ1) is 12.4. The molecule has 5 heteroatoms. The molecule has 0 unspecified atom stereocenters. The van der Waals surface area contributed by atoms with Crippen LogP contribution in [0.4, 0.5) is 0 Å². The van der Waals surface area contributed by atoms with Crippen LogP contribution in [0.5, 0.6) is 0 Å². The minimum absolute atomic E-state index is 0.125. The molecule has 0 atom stereocenters. The van der Waals surface area contributed by atoms with E-state index < -0.39 is 5.97 Å². The average Bonchev–Trinajstić information content (AvgIpc) is 1.89.